The quantitative estimate of drug-likeness (QED) is 0.594. The van der Waals surface area contributed by atoms with Crippen LogP contribution in [0.25, 0.3) is 0 Å². The molecule has 6 nitrogen and oxygen atoms in total. The molecule has 2 rings (SSSR count). The molecular weight excluding hydrogens is 210 g/mol. The summed E-state index contributed by atoms with van der Waals surface area (Å²) in [6.07, 6.45) is 1.65. The van der Waals surface area contributed by atoms with Gasteiger partial charge in [0.25, 0.3) is 5.69 Å². The molecule has 1 aromatic heterocycles. The van der Waals surface area contributed by atoms with E-state index >= 15 is 0 Å². The molecule has 1 aromatic rings. The number of rotatable bonds is 2. The maximum absolute atomic E-state index is 10.5. The number of pyridine rings is 1. The first-order valence-corrected chi connectivity index (χ1v) is 5.12. The largest absolute Gasteiger partial charge is 0.391 e. The summed E-state index contributed by atoms with van der Waals surface area (Å²) < 4.78 is 0. The molecule has 0 amide bonds. The molecule has 16 heavy (non-hydrogen) atoms. The number of aliphatic hydroxyl groups is 1. The lowest BCUT2D eigenvalue weighted by Crippen LogP contribution is -2.23. The van der Waals surface area contributed by atoms with Gasteiger partial charge >= 0.3 is 0 Å². The molecule has 6 heteroatoms. The third-order valence-electron chi connectivity index (χ3n) is 2.71. The highest BCUT2D eigenvalue weighted by atomic mass is 16.6. The van der Waals surface area contributed by atoms with Gasteiger partial charge in [-0.05, 0) is 18.9 Å². The average Bonchev–Trinajstić information content (AvgIpc) is 2.64. The first-order chi connectivity index (χ1) is 7.58. The van der Waals surface area contributed by atoms with Gasteiger partial charge < -0.3 is 10.0 Å². The van der Waals surface area contributed by atoms with Crippen LogP contribution in [0.1, 0.15) is 12.0 Å². The number of aryl methyl sites for hydroxylation is 1. The van der Waals surface area contributed by atoms with E-state index < -0.39 is 4.92 Å². The molecule has 0 spiro atoms. The summed E-state index contributed by atoms with van der Waals surface area (Å²) in [6, 6.07) is 1.51. The fourth-order valence-corrected chi connectivity index (χ4v) is 1.92. The molecule has 0 unspecified atom stereocenters. The van der Waals surface area contributed by atoms with Gasteiger partial charge in [0.15, 0.2) is 0 Å². The van der Waals surface area contributed by atoms with Gasteiger partial charge in [0, 0.05) is 19.2 Å². The maximum atomic E-state index is 10.5. The van der Waals surface area contributed by atoms with E-state index in [1.807, 2.05) is 4.90 Å². The summed E-state index contributed by atoms with van der Waals surface area (Å²) in [7, 11) is 0. The van der Waals surface area contributed by atoms with Gasteiger partial charge in [-0.15, -0.1) is 0 Å². The number of hydrogen-bond donors (Lipinski definition) is 1. The Bertz CT molecular complexity index is 422. The van der Waals surface area contributed by atoms with E-state index in [0.29, 0.717) is 6.54 Å². The number of aromatic nitrogens is 1. The Morgan fingerprint density at radius 3 is 2.94 bits per heavy atom. The SMILES string of the molecule is Cc1cc([N+](=O)[O-])cnc1N1CC[C@H](O)C1. The molecule has 1 fully saturated rings. The number of aliphatic hydroxyl groups excluding tert-OH is 1. The topological polar surface area (TPSA) is 79.5 Å². The van der Waals surface area contributed by atoms with E-state index in [1.54, 1.807) is 6.92 Å². The number of hydrogen-bond acceptors (Lipinski definition) is 5. The van der Waals surface area contributed by atoms with Gasteiger partial charge in [0.05, 0.1) is 11.0 Å². The minimum absolute atomic E-state index is 0.000922. The smallest absolute Gasteiger partial charge is 0.287 e. The summed E-state index contributed by atoms with van der Waals surface area (Å²) in [6.45, 7) is 3.08. The zero-order valence-corrected chi connectivity index (χ0v) is 8.96. The average molecular weight is 223 g/mol. The van der Waals surface area contributed by atoms with Crippen LogP contribution in [-0.4, -0.2) is 34.2 Å². The molecule has 1 N–H and O–H groups in total. The Kier molecular flexibility index (Phi) is 2.74. The molecular formula is C10H13N3O3. The molecule has 1 aliphatic rings. The van der Waals surface area contributed by atoms with Crippen LogP contribution in [0.5, 0.6) is 0 Å². The molecule has 2 heterocycles. The highest BCUT2D eigenvalue weighted by Crippen LogP contribution is 2.24. The van der Waals surface area contributed by atoms with E-state index in [9.17, 15) is 15.2 Å². The number of anilines is 1. The summed E-state index contributed by atoms with van der Waals surface area (Å²) in [4.78, 5) is 16.1. The van der Waals surface area contributed by atoms with Crippen molar-refractivity contribution >= 4 is 11.5 Å². The summed E-state index contributed by atoms with van der Waals surface area (Å²) >= 11 is 0. The highest BCUT2D eigenvalue weighted by molar-refractivity contribution is 5.51. The Hall–Kier alpha value is -1.69. The van der Waals surface area contributed by atoms with Crippen LogP contribution in [-0.2, 0) is 0 Å². The molecule has 0 aromatic carbocycles. The lowest BCUT2D eigenvalue weighted by Gasteiger charge is -2.18. The second-order valence-corrected chi connectivity index (χ2v) is 3.98. The fraction of sp³-hybridized carbons (Fsp3) is 0.500. The van der Waals surface area contributed by atoms with Crippen molar-refractivity contribution < 1.29 is 10.0 Å². The van der Waals surface area contributed by atoms with Crippen LogP contribution >= 0.6 is 0 Å². The van der Waals surface area contributed by atoms with Gasteiger partial charge in [-0.3, -0.25) is 10.1 Å². The van der Waals surface area contributed by atoms with Crippen LogP contribution in [0, 0.1) is 17.0 Å². The molecule has 0 aliphatic carbocycles. The monoisotopic (exact) mass is 223 g/mol. The van der Waals surface area contributed by atoms with Crippen LogP contribution in [0.3, 0.4) is 0 Å². The van der Waals surface area contributed by atoms with Crippen molar-refractivity contribution in [3.63, 3.8) is 0 Å². The molecule has 1 aliphatic heterocycles. The number of nitro groups is 1. The second-order valence-electron chi connectivity index (χ2n) is 3.98. The Labute approximate surface area is 92.7 Å². The van der Waals surface area contributed by atoms with E-state index in [-0.39, 0.29) is 11.8 Å². The molecule has 0 radical (unpaired) electrons. The first-order valence-electron chi connectivity index (χ1n) is 5.12. The molecule has 1 saturated heterocycles. The maximum Gasteiger partial charge on any atom is 0.287 e. The molecule has 86 valence electrons. The van der Waals surface area contributed by atoms with Crippen LogP contribution in [0.15, 0.2) is 12.3 Å². The first kappa shape index (κ1) is 10.8. The van der Waals surface area contributed by atoms with Gasteiger partial charge in [-0.2, -0.15) is 0 Å². The summed E-state index contributed by atoms with van der Waals surface area (Å²) in [5, 5.41) is 20.0. The minimum Gasteiger partial charge on any atom is -0.391 e. The zero-order valence-electron chi connectivity index (χ0n) is 8.96. The van der Waals surface area contributed by atoms with Gasteiger partial charge in [-0.25, -0.2) is 4.98 Å². The van der Waals surface area contributed by atoms with Crippen molar-refractivity contribution in [1.29, 1.82) is 0 Å². The third kappa shape index (κ3) is 1.96. The zero-order chi connectivity index (χ0) is 11.7. The minimum atomic E-state index is -0.456. The van der Waals surface area contributed by atoms with E-state index in [4.69, 9.17) is 0 Å². The standard InChI is InChI=1S/C10H13N3O3/c1-7-4-8(13(15)16)5-11-10(7)12-3-2-9(14)6-12/h4-5,9,14H,2-3,6H2,1H3/t9-/m0/s1. The lowest BCUT2D eigenvalue weighted by atomic mass is 10.2. The van der Waals surface area contributed by atoms with Crippen molar-refractivity contribution in [1.82, 2.24) is 4.98 Å². The van der Waals surface area contributed by atoms with Crippen LogP contribution in [0.2, 0.25) is 0 Å². The normalized spacial score (nSPS) is 20.1. The number of β-amino-alcohol motifs (C(OH)–C–C–N with tert-alkyl or cyclic N) is 1. The predicted molar refractivity (Wildman–Crippen MR) is 58.5 cm³/mol. The van der Waals surface area contributed by atoms with Crippen LogP contribution in [0.4, 0.5) is 11.5 Å². The van der Waals surface area contributed by atoms with Gasteiger partial charge in [0.2, 0.25) is 0 Å². The lowest BCUT2D eigenvalue weighted by molar-refractivity contribution is -0.385. The van der Waals surface area contributed by atoms with Crippen molar-refractivity contribution in [3.05, 3.63) is 27.9 Å². The Morgan fingerprint density at radius 1 is 1.69 bits per heavy atom. The molecule has 1 atom stereocenters. The van der Waals surface area contributed by atoms with Crippen molar-refractivity contribution in [2.45, 2.75) is 19.4 Å². The summed E-state index contributed by atoms with van der Waals surface area (Å²) in [5.74, 6) is 0.724. The fourth-order valence-electron chi connectivity index (χ4n) is 1.92. The predicted octanol–water partition coefficient (Wildman–Crippen LogP) is 0.869. The van der Waals surface area contributed by atoms with Crippen molar-refractivity contribution in [2.24, 2.45) is 0 Å². The second kappa shape index (κ2) is 4.05. The van der Waals surface area contributed by atoms with Crippen molar-refractivity contribution in [3.8, 4) is 0 Å². The van der Waals surface area contributed by atoms with E-state index in [2.05, 4.69) is 4.98 Å². The van der Waals surface area contributed by atoms with E-state index in [0.717, 1.165) is 24.3 Å². The van der Waals surface area contributed by atoms with Gasteiger partial charge in [0.1, 0.15) is 12.0 Å². The van der Waals surface area contributed by atoms with Crippen molar-refractivity contribution in [2.75, 3.05) is 18.0 Å². The van der Waals surface area contributed by atoms with Crippen LogP contribution < -0.4 is 4.90 Å². The Morgan fingerprint density at radius 2 is 2.44 bits per heavy atom. The molecule has 0 saturated carbocycles. The molecule has 0 bridgehead atoms. The number of nitrogens with zero attached hydrogens (tertiary/aromatic N) is 3. The van der Waals surface area contributed by atoms with E-state index in [1.165, 1.54) is 12.3 Å². The van der Waals surface area contributed by atoms with Gasteiger partial charge in [-0.1, -0.05) is 0 Å². The summed E-state index contributed by atoms with van der Waals surface area (Å²) in [5.41, 5.74) is 0.768. The third-order valence-corrected chi connectivity index (χ3v) is 2.71. The Balaban J connectivity index is 2.26. The highest BCUT2D eigenvalue weighted by Gasteiger charge is 2.23.